The first kappa shape index (κ1) is 11.9. The lowest BCUT2D eigenvalue weighted by Crippen LogP contribution is -2.44. The largest absolute Gasteiger partial charge is 0.454 e. The lowest BCUT2D eigenvalue weighted by atomic mass is 9.70. The number of aliphatic imine (C=N–C) groups is 1. The number of ether oxygens (including phenoxy) is 1. The van der Waals surface area contributed by atoms with Crippen LogP contribution in [0.5, 0.6) is 0 Å². The second-order valence-corrected chi connectivity index (χ2v) is 6.61. The molecule has 0 amide bonds. The van der Waals surface area contributed by atoms with Gasteiger partial charge in [0.25, 0.3) is 0 Å². The van der Waals surface area contributed by atoms with Crippen LogP contribution in [0.3, 0.4) is 0 Å². The van der Waals surface area contributed by atoms with E-state index in [-0.39, 0.29) is 28.9 Å². The van der Waals surface area contributed by atoms with Gasteiger partial charge in [-0.1, -0.05) is 26.8 Å². The van der Waals surface area contributed by atoms with Gasteiger partial charge in [0.2, 0.25) is 0 Å². The Balaban J connectivity index is 2.05. The molecule has 2 bridgehead atoms. The molecule has 3 nitrogen and oxygen atoms in total. The topological polar surface area (TPSA) is 38.7 Å². The zero-order valence-corrected chi connectivity index (χ0v) is 11.4. The maximum atomic E-state index is 11.9. The Morgan fingerprint density at radius 3 is 2.89 bits per heavy atom. The Morgan fingerprint density at radius 1 is 1.50 bits per heavy atom. The molecule has 2 saturated carbocycles. The second kappa shape index (κ2) is 3.46. The summed E-state index contributed by atoms with van der Waals surface area (Å²) < 4.78 is 5.69. The number of fused-ring (bicyclic) bond motifs is 5. The van der Waals surface area contributed by atoms with Crippen LogP contribution in [0.15, 0.2) is 17.6 Å². The van der Waals surface area contributed by atoms with Crippen molar-refractivity contribution in [2.24, 2.45) is 21.7 Å². The molecule has 4 atom stereocenters. The van der Waals surface area contributed by atoms with E-state index in [1.165, 1.54) is 6.42 Å². The number of rotatable bonds is 2. The van der Waals surface area contributed by atoms with Gasteiger partial charge in [-0.25, -0.2) is 4.79 Å². The predicted octanol–water partition coefficient (Wildman–Crippen LogP) is 2.75. The summed E-state index contributed by atoms with van der Waals surface area (Å²) in [6.07, 6.45) is 4.57. The summed E-state index contributed by atoms with van der Waals surface area (Å²) in [5.74, 6) is 0.269. The van der Waals surface area contributed by atoms with Gasteiger partial charge in [0.15, 0.2) is 6.04 Å². The van der Waals surface area contributed by atoms with Crippen molar-refractivity contribution >= 4 is 11.7 Å². The van der Waals surface area contributed by atoms with Gasteiger partial charge < -0.3 is 4.74 Å². The van der Waals surface area contributed by atoms with Crippen molar-refractivity contribution in [1.82, 2.24) is 0 Å². The maximum Gasteiger partial charge on any atom is 0.331 e. The smallest absolute Gasteiger partial charge is 0.331 e. The van der Waals surface area contributed by atoms with Crippen molar-refractivity contribution in [1.29, 1.82) is 0 Å². The third-order valence-corrected chi connectivity index (χ3v) is 5.70. The van der Waals surface area contributed by atoms with Crippen LogP contribution in [0, 0.1) is 16.7 Å². The minimum absolute atomic E-state index is 0.0627. The van der Waals surface area contributed by atoms with Crippen LogP contribution in [0.4, 0.5) is 0 Å². The first-order valence-corrected chi connectivity index (χ1v) is 6.81. The summed E-state index contributed by atoms with van der Waals surface area (Å²) in [6, 6.07) is -0.360. The molecule has 0 saturated heterocycles. The lowest BCUT2D eigenvalue weighted by Gasteiger charge is -2.36. The summed E-state index contributed by atoms with van der Waals surface area (Å²) in [6.45, 7) is 10.6. The van der Waals surface area contributed by atoms with Crippen molar-refractivity contribution < 1.29 is 9.53 Å². The molecule has 1 heterocycles. The van der Waals surface area contributed by atoms with Crippen LogP contribution in [-0.2, 0) is 9.53 Å². The number of esters is 1. The van der Waals surface area contributed by atoms with Crippen molar-refractivity contribution in [2.45, 2.75) is 52.2 Å². The Kier molecular flexibility index (Phi) is 2.30. The van der Waals surface area contributed by atoms with Crippen LogP contribution >= 0.6 is 0 Å². The van der Waals surface area contributed by atoms with Gasteiger partial charge in [-0.15, -0.1) is 6.58 Å². The van der Waals surface area contributed by atoms with Gasteiger partial charge in [-0.05, 0) is 24.7 Å². The lowest BCUT2D eigenvalue weighted by molar-refractivity contribution is -0.151. The fourth-order valence-electron chi connectivity index (χ4n) is 4.11. The number of hydrogen-bond donors (Lipinski definition) is 0. The van der Waals surface area contributed by atoms with E-state index < -0.39 is 0 Å². The third-order valence-electron chi connectivity index (χ3n) is 5.70. The maximum absolute atomic E-state index is 11.9. The molecule has 98 valence electrons. The summed E-state index contributed by atoms with van der Waals surface area (Å²) in [4.78, 5) is 16.7. The highest BCUT2D eigenvalue weighted by atomic mass is 16.5. The van der Waals surface area contributed by atoms with Crippen molar-refractivity contribution in [2.75, 3.05) is 0 Å². The van der Waals surface area contributed by atoms with E-state index in [1.54, 1.807) is 6.08 Å². The van der Waals surface area contributed by atoms with E-state index in [1.807, 2.05) is 0 Å². The molecule has 0 N–H and O–H groups in total. The van der Waals surface area contributed by atoms with E-state index in [4.69, 9.17) is 9.73 Å². The fraction of sp³-hybridized carbons (Fsp3) is 0.733. The molecule has 1 unspecified atom stereocenters. The molecular formula is C15H21NO2. The number of nitrogens with zero attached hydrogens (tertiary/aromatic N) is 1. The minimum Gasteiger partial charge on any atom is -0.454 e. The van der Waals surface area contributed by atoms with Crippen LogP contribution < -0.4 is 0 Å². The van der Waals surface area contributed by atoms with E-state index in [2.05, 4.69) is 27.4 Å². The van der Waals surface area contributed by atoms with Gasteiger partial charge in [-0.3, -0.25) is 4.99 Å². The van der Waals surface area contributed by atoms with Crippen LogP contribution in [0.2, 0.25) is 0 Å². The second-order valence-electron chi connectivity index (χ2n) is 6.61. The van der Waals surface area contributed by atoms with E-state index >= 15 is 0 Å². The van der Waals surface area contributed by atoms with Gasteiger partial charge >= 0.3 is 5.97 Å². The van der Waals surface area contributed by atoms with Gasteiger partial charge in [0.1, 0.15) is 6.10 Å². The normalized spacial score (nSPS) is 44.3. The number of hydrogen-bond acceptors (Lipinski definition) is 3. The standard InChI is InChI=1S/C15H21NO2/c1-5-6-10-13(17)18-11-9-7-8-15(4,12(11)16-10)14(9,2)3/h5,9-11H,1,6-8H2,2-4H3/t9-,10+,11?,15+/m1/s1. The molecule has 2 fully saturated rings. The fourth-order valence-corrected chi connectivity index (χ4v) is 4.11. The van der Waals surface area contributed by atoms with Crippen molar-refractivity contribution in [3.05, 3.63) is 12.7 Å². The first-order valence-electron chi connectivity index (χ1n) is 6.81. The number of carbonyl (C=O) groups is 1. The van der Waals surface area contributed by atoms with Crippen molar-refractivity contribution in [3.8, 4) is 0 Å². The summed E-state index contributed by atoms with van der Waals surface area (Å²) in [5, 5.41) is 0. The van der Waals surface area contributed by atoms with Gasteiger partial charge in [-0.2, -0.15) is 0 Å². The zero-order valence-electron chi connectivity index (χ0n) is 11.4. The van der Waals surface area contributed by atoms with Crippen LogP contribution in [0.1, 0.15) is 40.0 Å². The minimum atomic E-state index is -0.360. The molecule has 0 radical (unpaired) electrons. The molecule has 18 heavy (non-hydrogen) atoms. The van der Waals surface area contributed by atoms with E-state index in [0.29, 0.717) is 12.3 Å². The molecular weight excluding hydrogens is 226 g/mol. The number of carbonyl (C=O) groups excluding carboxylic acids is 1. The molecule has 0 aromatic rings. The molecule has 0 aromatic heterocycles. The van der Waals surface area contributed by atoms with Crippen LogP contribution in [-0.4, -0.2) is 23.8 Å². The van der Waals surface area contributed by atoms with Crippen LogP contribution in [0.25, 0.3) is 0 Å². The molecule has 3 heteroatoms. The third kappa shape index (κ3) is 1.20. The summed E-state index contributed by atoms with van der Waals surface area (Å²) >= 11 is 0. The monoisotopic (exact) mass is 247 g/mol. The highest BCUT2D eigenvalue weighted by Gasteiger charge is 2.67. The average Bonchev–Trinajstić information content (AvgIpc) is 2.61. The SMILES string of the molecule is C=CC[C@@H]1N=C2C(OC1=O)[C@H]1CC[C@]2(C)C1(C)C. The average molecular weight is 247 g/mol. The van der Waals surface area contributed by atoms with Crippen molar-refractivity contribution in [3.63, 3.8) is 0 Å². The summed E-state index contributed by atoms with van der Waals surface area (Å²) in [5.41, 5.74) is 1.41. The van der Waals surface area contributed by atoms with E-state index in [0.717, 1.165) is 12.1 Å². The highest BCUT2D eigenvalue weighted by molar-refractivity contribution is 6.02. The molecule has 0 spiro atoms. The van der Waals surface area contributed by atoms with E-state index in [9.17, 15) is 4.79 Å². The molecule has 3 rings (SSSR count). The molecule has 2 aliphatic carbocycles. The van der Waals surface area contributed by atoms with Gasteiger partial charge in [0.05, 0.1) is 5.71 Å². The quantitative estimate of drug-likeness (QED) is 0.556. The Hall–Kier alpha value is -1.12. The summed E-state index contributed by atoms with van der Waals surface area (Å²) in [7, 11) is 0. The first-order chi connectivity index (χ1) is 8.41. The Bertz CT molecular complexity index is 451. The molecule has 3 aliphatic rings. The Morgan fingerprint density at radius 2 is 2.22 bits per heavy atom. The molecule has 0 aromatic carbocycles. The highest BCUT2D eigenvalue weighted by Crippen LogP contribution is 2.65. The Labute approximate surface area is 108 Å². The van der Waals surface area contributed by atoms with Gasteiger partial charge in [0, 0.05) is 11.3 Å². The zero-order chi connectivity index (χ0) is 13.1. The predicted molar refractivity (Wildman–Crippen MR) is 70.5 cm³/mol. The molecule has 1 aliphatic heterocycles.